The van der Waals surface area contributed by atoms with Crippen molar-refractivity contribution in [2.45, 2.75) is 0 Å². The molecule has 0 aliphatic rings. The molecule has 0 fully saturated rings. The zero-order valence-electron chi connectivity index (χ0n) is 35.1. The molecule has 0 heteroatoms. The van der Waals surface area contributed by atoms with Crippen molar-refractivity contribution in [2.24, 2.45) is 0 Å². The van der Waals surface area contributed by atoms with Crippen LogP contribution in [0.4, 0.5) is 0 Å². The second-order valence-corrected chi connectivity index (χ2v) is 17.1. The van der Waals surface area contributed by atoms with Crippen molar-refractivity contribution < 1.29 is 0 Å². The van der Waals surface area contributed by atoms with Gasteiger partial charge < -0.3 is 0 Å². The maximum atomic E-state index is 2.47. The van der Waals surface area contributed by atoms with E-state index in [0.717, 1.165) is 0 Å². The Morgan fingerprint density at radius 2 is 0.516 bits per heavy atom. The summed E-state index contributed by atoms with van der Waals surface area (Å²) in [4.78, 5) is 0. The standard InChI is InChI=1S/C64H40/c1-2-18-43(19-3-1)61-54-26-12-14-28-56(54)64(57-29-15-13-27-55(57)61)58-37-36-49(50-22-8-9-23-51(50)58)46-34-35-59-60(40-46)63(48-33-31-42-17-5-7-21-45(42)39-48)53-25-11-10-24-52(53)62(59)47-32-30-41-16-4-6-20-44(41)38-47/h1-40H. The lowest BCUT2D eigenvalue weighted by atomic mass is 9.82. The molecule has 0 nitrogen and oxygen atoms in total. The van der Waals surface area contributed by atoms with E-state index >= 15 is 0 Å². The van der Waals surface area contributed by atoms with Gasteiger partial charge in [-0.25, -0.2) is 0 Å². The van der Waals surface area contributed by atoms with Gasteiger partial charge in [-0.2, -0.15) is 0 Å². The van der Waals surface area contributed by atoms with Gasteiger partial charge in [0.1, 0.15) is 0 Å². The van der Waals surface area contributed by atoms with E-state index < -0.39 is 0 Å². The van der Waals surface area contributed by atoms with Gasteiger partial charge >= 0.3 is 0 Å². The van der Waals surface area contributed by atoms with Crippen LogP contribution in [-0.4, -0.2) is 0 Å². The zero-order valence-corrected chi connectivity index (χ0v) is 35.1. The summed E-state index contributed by atoms with van der Waals surface area (Å²) in [6.45, 7) is 0. The fourth-order valence-corrected chi connectivity index (χ4v) is 10.8. The Morgan fingerprint density at radius 1 is 0.156 bits per heavy atom. The summed E-state index contributed by atoms with van der Waals surface area (Å²) in [6.07, 6.45) is 0. The Hall–Kier alpha value is -8.32. The quantitative estimate of drug-likeness (QED) is 0.152. The highest BCUT2D eigenvalue weighted by Gasteiger charge is 2.21. The van der Waals surface area contributed by atoms with Crippen molar-refractivity contribution in [1.29, 1.82) is 0 Å². The van der Waals surface area contributed by atoms with Gasteiger partial charge in [0.25, 0.3) is 0 Å². The van der Waals surface area contributed by atoms with E-state index in [-0.39, 0.29) is 0 Å². The number of rotatable bonds is 5. The highest BCUT2D eigenvalue weighted by Crippen LogP contribution is 2.49. The Morgan fingerprint density at radius 3 is 1.05 bits per heavy atom. The van der Waals surface area contributed by atoms with Crippen LogP contribution in [0.1, 0.15) is 0 Å². The largest absolute Gasteiger partial charge is 0.0622 e. The van der Waals surface area contributed by atoms with Crippen LogP contribution in [0.5, 0.6) is 0 Å². The van der Waals surface area contributed by atoms with Gasteiger partial charge in [-0.3, -0.25) is 0 Å². The summed E-state index contributed by atoms with van der Waals surface area (Å²) in [5.41, 5.74) is 12.4. The summed E-state index contributed by atoms with van der Waals surface area (Å²) >= 11 is 0. The van der Waals surface area contributed by atoms with Crippen molar-refractivity contribution >= 4 is 75.4 Å². The first-order valence-electron chi connectivity index (χ1n) is 22.2. The first-order valence-corrected chi connectivity index (χ1v) is 22.2. The van der Waals surface area contributed by atoms with Crippen molar-refractivity contribution in [2.75, 3.05) is 0 Å². The Labute approximate surface area is 371 Å². The van der Waals surface area contributed by atoms with Crippen molar-refractivity contribution in [3.8, 4) is 55.6 Å². The summed E-state index contributed by atoms with van der Waals surface area (Å²) in [5.74, 6) is 0. The predicted octanol–water partition coefficient (Wildman–Crippen LogP) is 18.1. The van der Waals surface area contributed by atoms with Crippen LogP contribution in [0.2, 0.25) is 0 Å². The molecule has 13 aromatic carbocycles. The fourth-order valence-electron chi connectivity index (χ4n) is 10.8. The summed E-state index contributed by atoms with van der Waals surface area (Å²) in [7, 11) is 0. The Balaban J connectivity index is 1.08. The lowest BCUT2D eigenvalue weighted by molar-refractivity contribution is 1.65. The van der Waals surface area contributed by atoms with Crippen molar-refractivity contribution in [3.63, 3.8) is 0 Å². The van der Waals surface area contributed by atoms with Crippen molar-refractivity contribution in [1.82, 2.24) is 0 Å². The average Bonchev–Trinajstić information content (AvgIpc) is 3.36. The molecule has 0 heterocycles. The molecule has 0 spiro atoms. The van der Waals surface area contributed by atoms with E-state index in [0.29, 0.717) is 0 Å². The smallest absolute Gasteiger partial charge is 0.00201 e. The van der Waals surface area contributed by atoms with E-state index in [1.165, 1.54) is 131 Å². The van der Waals surface area contributed by atoms with Gasteiger partial charge in [0.15, 0.2) is 0 Å². The maximum Gasteiger partial charge on any atom is -0.00201 e. The fraction of sp³-hybridized carbons (Fsp3) is 0. The first kappa shape index (κ1) is 36.3. The second-order valence-electron chi connectivity index (χ2n) is 17.1. The zero-order chi connectivity index (χ0) is 42.1. The Bertz CT molecular complexity index is 3950. The molecule has 0 atom stereocenters. The van der Waals surface area contributed by atoms with Crippen LogP contribution < -0.4 is 0 Å². The van der Waals surface area contributed by atoms with Gasteiger partial charge in [0.2, 0.25) is 0 Å². The molecule has 0 radical (unpaired) electrons. The third kappa shape index (κ3) is 5.70. The average molecular weight is 809 g/mol. The number of hydrogen-bond donors (Lipinski definition) is 0. The number of benzene rings is 13. The normalized spacial score (nSPS) is 11.8. The molecule has 13 aromatic rings. The monoisotopic (exact) mass is 808 g/mol. The van der Waals surface area contributed by atoms with Crippen molar-refractivity contribution in [3.05, 3.63) is 243 Å². The molecule has 13 rings (SSSR count). The van der Waals surface area contributed by atoms with E-state index in [2.05, 4.69) is 243 Å². The molecule has 0 unspecified atom stereocenters. The predicted molar refractivity (Wildman–Crippen MR) is 276 cm³/mol. The molecule has 296 valence electrons. The third-order valence-corrected chi connectivity index (χ3v) is 13.6. The van der Waals surface area contributed by atoms with E-state index in [9.17, 15) is 0 Å². The highest BCUT2D eigenvalue weighted by molar-refractivity contribution is 6.25. The molecule has 0 N–H and O–H groups in total. The SMILES string of the molecule is c1ccc(-c2c3ccccc3c(-c3ccc(-c4ccc5c(-c6ccc7ccccc7c6)c6ccccc6c(-c6ccc7ccccc7c6)c5c4)c4ccccc34)c3ccccc23)cc1. The van der Waals surface area contributed by atoms with Gasteiger partial charge in [-0.15, -0.1) is 0 Å². The molecule has 0 aliphatic heterocycles. The van der Waals surface area contributed by atoms with E-state index in [1.807, 2.05) is 0 Å². The van der Waals surface area contributed by atoms with E-state index in [4.69, 9.17) is 0 Å². The molecular weight excluding hydrogens is 769 g/mol. The van der Waals surface area contributed by atoms with Crippen LogP contribution in [0, 0.1) is 0 Å². The number of hydrogen-bond acceptors (Lipinski definition) is 0. The van der Waals surface area contributed by atoms with Crippen LogP contribution in [0.3, 0.4) is 0 Å². The van der Waals surface area contributed by atoms with Crippen LogP contribution in [-0.2, 0) is 0 Å². The molecule has 0 saturated carbocycles. The van der Waals surface area contributed by atoms with Crippen LogP contribution in [0.25, 0.3) is 131 Å². The summed E-state index contributed by atoms with van der Waals surface area (Å²) < 4.78 is 0. The summed E-state index contributed by atoms with van der Waals surface area (Å²) in [5, 5.41) is 17.5. The minimum Gasteiger partial charge on any atom is -0.0622 e. The minimum atomic E-state index is 1.20. The minimum absolute atomic E-state index is 1.20. The third-order valence-electron chi connectivity index (χ3n) is 13.6. The molecular formula is C64H40. The van der Waals surface area contributed by atoms with E-state index in [1.54, 1.807) is 0 Å². The number of fused-ring (bicyclic) bond motifs is 7. The molecule has 0 aliphatic carbocycles. The van der Waals surface area contributed by atoms with Gasteiger partial charge in [-0.1, -0.05) is 224 Å². The van der Waals surface area contributed by atoms with Crippen LogP contribution >= 0.6 is 0 Å². The maximum absolute atomic E-state index is 2.47. The van der Waals surface area contributed by atoms with Gasteiger partial charge in [0, 0.05) is 0 Å². The molecule has 0 aromatic heterocycles. The molecule has 0 saturated heterocycles. The highest BCUT2D eigenvalue weighted by atomic mass is 14.2. The molecule has 0 bridgehead atoms. The summed E-state index contributed by atoms with van der Waals surface area (Å²) in [6, 6.07) is 90.0. The second kappa shape index (κ2) is 14.7. The van der Waals surface area contributed by atoms with Gasteiger partial charge in [-0.05, 0) is 149 Å². The van der Waals surface area contributed by atoms with Gasteiger partial charge in [0.05, 0.1) is 0 Å². The lowest BCUT2D eigenvalue weighted by Crippen LogP contribution is -1.93. The first-order chi connectivity index (χ1) is 31.8. The van der Waals surface area contributed by atoms with Crippen LogP contribution in [0.15, 0.2) is 243 Å². The molecule has 64 heavy (non-hydrogen) atoms. The topological polar surface area (TPSA) is 0 Å². The lowest BCUT2D eigenvalue weighted by Gasteiger charge is -2.21. The Kier molecular flexibility index (Phi) is 8.32. The molecule has 0 amide bonds.